The highest BCUT2D eigenvalue weighted by atomic mass is 16.1. The highest BCUT2D eigenvalue weighted by Crippen LogP contribution is 2.26. The van der Waals surface area contributed by atoms with Crippen molar-refractivity contribution < 1.29 is 4.79 Å². The number of aryl methyl sites for hydroxylation is 2. The number of rotatable bonds is 7. The number of fused-ring (bicyclic) bond motifs is 1. The summed E-state index contributed by atoms with van der Waals surface area (Å²) < 4.78 is 0. The normalized spacial score (nSPS) is 15.1. The van der Waals surface area contributed by atoms with Gasteiger partial charge < -0.3 is 10.6 Å². The zero-order valence-corrected chi connectivity index (χ0v) is 14.7. The van der Waals surface area contributed by atoms with Crippen molar-refractivity contribution in [3.63, 3.8) is 0 Å². The first-order chi connectivity index (χ1) is 11.7. The average molecular weight is 325 g/mol. The number of nitrogens with zero attached hydrogens (tertiary/aromatic N) is 1. The van der Waals surface area contributed by atoms with E-state index in [-0.39, 0.29) is 17.5 Å². The molecule has 0 heterocycles. The van der Waals surface area contributed by atoms with Crippen molar-refractivity contribution in [2.75, 3.05) is 6.54 Å². The third-order valence-electron chi connectivity index (χ3n) is 4.49. The van der Waals surface area contributed by atoms with Gasteiger partial charge in [-0.2, -0.15) is 5.26 Å². The van der Waals surface area contributed by atoms with Crippen LogP contribution in [-0.4, -0.2) is 12.5 Å². The maximum absolute atomic E-state index is 12.4. The largest absolute Gasteiger partial charge is 0.390 e. The first kappa shape index (κ1) is 18.1. The highest BCUT2D eigenvalue weighted by molar-refractivity contribution is 5.97. The number of benzene rings is 1. The first-order valence-electron chi connectivity index (χ1n) is 8.95. The standard InChI is InChI=1S/C20H27N3O/c1-3-11-22-14-18(13-21)20(24)23-19(4-2)17-10-9-15-7-5-6-8-16(15)12-17/h9-10,12,14,19,22H,3-8,11H2,1-2H3,(H,23,24)/b18-14-. The van der Waals surface area contributed by atoms with E-state index in [1.165, 1.54) is 30.2 Å². The molecule has 1 atom stereocenters. The van der Waals surface area contributed by atoms with Crippen molar-refractivity contribution in [1.29, 1.82) is 5.26 Å². The van der Waals surface area contributed by atoms with Gasteiger partial charge >= 0.3 is 0 Å². The second-order valence-electron chi connectivity index (χ2n) is 6.29. The molecule has 1 aromatic carbocycles. The van der Waals surface area contributed by atoms with Gasteiger partial charge in [0.1, 0.15) is 11.6 Å². The van der Waals surface area contributed by atoms with E-state index in [1.807, 2.05) is 13.0 Å². The van der Waals surface area contributed by atoms with Crippen molar-refractivity contribution in [3.8, 4) is 6.07 Å². The molecule has 1 aliphatic rings. The summed E-state index contributed by atoms with van der Waals surface area (Å²) in [5.41, 5.74) is 4.10. The van der Waals surface area contributed by atoms with E-state index in [4.69, 9.17) is 0 Å². The van der Waals surface area contributed by atoms with Gasteiger partial charge in [-0.3, -0.25) is 4.79 Å². The molecule has 0 aliphatic heterocycles. The Labute approximate surface area is 144 Å². The van der Waals surface area contributed by atoms with Crippen LogP contribution in [0.25, 0.3) is 0 Å². The van der Waals surface area contributed by atoms with Gasteiger partial charge in [-0.05, 0) is 55.2 Å². The van der Waals surface area contributed by atoms with Crippen LogP contribution >= 0.6 is 0 Å². The smallest absolute Gasteiger partial charge is 0.263 e. The molecule has 0 aromatic heterocycles. The minimum Gasteiger partial charge on any atom is -0.390 e. The number of nitriles is 1. The molecule has 0 radical (unpaired) electrons. The van der Waals surface area contributed by atoms with E-state index >= 15 is 0 Å². The Morgan fingerprint density at radius 3 is 2.71 bits per heavy atom. The number of carbonyl (C=O) groups is 1. The van der Waals surface area contributed by atoms with E-state index in [1.54, 1.807) is 0 Å². The summed E-state index contributed by atoms with van der Waals surface area (Å²) >= 11 is 0. The fourth-order valence-electron chi connectivity index (χ4n) is 3.09. The van der Waals surface area contributed by atoms with Crippen molar-refractivity contribution in [2.45, 2.75) is 58.4 Å². The molecule has 1 aliphatic carbocycles. The number of nitrogens with one attached hydrogen (secondary N) is 2. The van der Waals surface area contributed by atoms with Crippen molar-refractivity contribution in [2.24, 2.45) is 0 Å². The molecule has 0 fully saturated rings. The van der Waals surface area contributed by atoms with Crippen LogP contribution in [-0.2, 0) is 17.6 Å². The van der Waals surface area contributed by atoms with E-state index in [0.717, 1.165) is 37.8 Å². The maximum Gasteiger partial charge on any atom is 0.263 e. The van der Waals surface area contributed by atoms with E-state index < -0.39 is 0 Å². The summed E-state index contributed by atoms with van der Waals surface area (Å²) in [7, 11) is 0. The molecule has 4 nitrogen and oxygen atoms in total. The molecule has 2 N–H and O–H groups in total. The second kappa shape index (κ2) is 9.12. The fourth-order valence-corrected chi connectivity index (χ4v) is 3.09. The Morgan fingerprint density at radius 1 is 1.29 bits per heavy atom. The third kappa shape index (κ3) is 4.61. The lowest BCUT2D eigenvalue weighted by Gasteiger charge is -2.21. The van der Waals surface area contributed by atoms with E-state index in [9.17, 15) is 10.1 Å². The maximum atomic E-state index is 12.4. The van der Waals surface area contributed by atoms with Crippen molar-refractivity contribution >= 4 is 5.91 Å². The van der Waals surface area contributed by atoms with Gasteiger partial charge in [-0.1, -0.05) is 32.0 Å². The van der Waals surface area contributed by atoms with E-state index in [2.05, 4.69) is 35.8 Å². The lowest BCUT2D eigenvalue weighted by Crippen LogP contribution is -2.30. The summed E-state index contributed by atoms with van der Waals surface area (Å²) in [5, 5.41) is 15.2. The van der Waals surface area contributed by atoms with Gasteiger partial charge in [0.15, 0.2) is 0 Å². The summed E-state index contributed by atoms with van der Waals surface area (Å²) in [4.78, 5) is 12.4. The Morgan fingerprint density at radius 2 is 2.04 bits per heavy atom. The van der Waals surface area contributed by atoms with Crippen LogP contribution in [0.4, 0.5) is 0 Å². The Kier molecular flexibility index (Phi) is 6.87. The molecule has 0 saturated heterocycles. The molecule has 0 saturated carbocycles. The number of carbonyl (C=O) groups excluding carboxylic acids is 1. The quantitative estimate of drug-likeness (QED) is 0.458. The van der Waals surface area contributed by atoms with Crippen LogP contribution in [0.5, 0.6) is 0 Å². The van der Waals surface area contributed by atoms with Gasteiger partial charge in [0.25, 0.3) is 5.91 Å². The van der Waals surface area contributed by atoms with Gasteiger partial charge in [0, 0.05) is 12.7 Å². The molecule has 128 valence electrons. The van der Waals surface area contributed by atoms with Crippen molar-refractivity contribution in [1.82, 2.24) is 10.6 Å². The van der Waals surface area contributed by atoms with Gasteiger partial charge in [0.05, 0.1) is 6.04 Å². The zero-order chi connectivity index (χ0) is 17.4. The Balaban J connectivity index is 2.09. The van der Waals surface area contributed by atoms with Crippen LogP contribution in [0.3, 0.4) is 0 Å². The lowest BCUT2D eigenvalue weighted by molar-refractivity contribution is -0.117. The monoisotopic (exact) mass is 325 g/mol. The van der Waals surface area contributed by atoms with Gasteiger partial charge in [-0.15, -0.1) is 0 Å². The summed E-state index contributed by atoms with van der Waals surface area (Å²) in [6.45, 7) is 4.84. The van der Waals surface area contributed by atoms with Crippen molar-refractivity contribution in [3.05, 3.63) is 46.7 Å². The number of hydrogen-bond donors (Lipinski definition) is 2. The molecular formula is C20H27N3O. The molecule has 0 bridgehead atoms. The molecular weight excluding hydrogens is 298 g/mol. The van der Waals surface area contributed by atoms with Crippen LogP contribution in [0.2, 0.25) is 0 Å². The topological polar surface area (TPSA) is 64.9 Å². The Hall–Kier alpha value is -2.28. The van der Waals surface area contributed by atoms with Gasteiger partial charge in [-0.25, -0.2) is 0 Å². The molecule has 24 heavy (non-hydrogen) atoms. The molecule has 1 unspecified atom stereocenters. The number of hydrogen-bond acceptors (Lipinski definition) is 3. The third-order valence-corrected chi connectivity index (χ3v) is 4.49. The second-order valence-corrected chi connectivity index (χ2v) is 6.29. The lowest BCUT2D eigenvalue weighted by atomic mass is 9.88. The predicted molar refractivity (Wildman–Crippen MR) is 96.2 cm³/mol. The highest BCUT2D eigenvalue weighted by Gasteiger charge is 2.18. The molecule has 0 spiro atoms. The van der Waals surface area contributed by atoms with Crippen LogP contribution in [0.1, 0.15) is 62.3 Å². The summed E-state index contributed by atoms with van der Waals surface area (Å²) in [6.07, 6.45) is 8.04. The Bertz CT molecular complexity index is 643. The SMILES string of the molecule is CCCN/C=C(/C#N)C(=O)NC(CC)c1ccc2c(c1)CCCC2. The summed E-state index contributed by atoms with van der Waals surface area (Å²) in [5.74, 6) is -0.314. The van der Waals surface area contributed by atoms with Crippen LogP contribution < -0.4 is 10.6 Å². The van der Waals surface area contributed by atoms with E-state index in [0.29, 0.717) is 0 Å². The molecule has 1 amide bonds. The first-order valence-corrected chi connectivity index (χ1v) is 8.95. The average Bonchev–Trinajstić information content (AvgIpc) is 2.62. The van der Waals surface area contributed by atoms with Gasteiger partial charge in [0.2, 0.25) is 0 Å². The summed E-state index contributed by atoms with van der Waals surface area (Å²) in [6, 6.07) is 8.46. The zero-order valence-electron chi connectivity index (χ0n) is 14.7. The molecule has 2 rings (SSSR count). The molecule has 1 aromatic rings. The predicted octanol–water partition coefficient (Wildman–Crippen LogP) is 3.54. The number of amides is 1. The minimum absolute atomic E-state index is 0.0624. The van der Waals surface area contributed by atoms with Crippen LogP contribution in [0, 0.1) is 11.3 Å². The fraction of sp³-hybridized carbons (Fsp3) is 0.500. The minimum atomic E-state index is -0.314. The molecule has 4 heteroatoms. The van der Waals surface area contributed by atoms with Crippen LogP contribution in [0.15, 0.2) is 30.0 Å².